The molecule has 1 amide bonds. The Bertz CT molecular complexity index is 415. The van der Waals surface area contributed by atoms with Gasteiger partial charge < -0.3 is 10.2 Å². The van der Waals surface area contributed by atoms with Crippen LogP contribution in [0.5, 0.6) is 0 Å². The first-order chi connectivity index (χ1) is 8.23. The van der Waals surface area contributed by atoms with Gasteiger partial charge in [-0.2, -0.15) is 0 Å². The Morgan fingerprint density at radius 1 is 1.32 bits per heavy atom. The zero-order valence-electron chi connectivity index (χ0n) is 12.6. The molecule has 19 heavy (non-hydrogen) atoms. The number of hydrogen-bond acceptors (Lipinski definition) is 5. The van der Waals surface area contributed by atoms with Gasteiger partial charge in [0.1, 0.15) is 0 Å². The number of carbonyl (C=O) groups excluding carboxylic acids is 1. The van der Waals surface area contributed by atoms with E-state index in [-0.39, 0.29) is 11.5 Å². The van der Waals surface area contributed by atoms with Crippen molar-refractivity contribution in [2.75, 3.05) is 6.26 Å². The van der Waals surface area contributed by atoms with Crippen LogP contribution in [-0.2, 0) is 19.2 Å². The second-order valence-electron chi connectivity index (χ2n) is 6.56. The van der Waals surface area contributed by atoms with E-state index in [0.29, 0.717) is 0 Å². The molecule has 0 aromatic rings. The van der Waals surface area contributed by atoms with E-state index in [1.807, 2.05) is 18.6 Å². The van der Waals surface area contributed by atoms with Crippen LogP contribution >= 0.6 is 0 Å². The SMILES string of the molecule is CC(C)(C)[SiH2]OC(C)(C)C(N)CC(=O)NS(C)(=O)=O. The highest BCUT2D eigenvalue weighted by Gasteiger charge is 2.31. The van der Waals surface area contributed by atoms with Crippen LogP contribution in [0.1, 0.15) is 41.0 Å². The Hall–Kier alpha value is -0.443. The first-order valence-corrected chi connectivity index (χ1v) is 9.31. The average molecular weight is 310 g/mol. The van der Waals surface area contributed by atoms with Gasteiger partial charge in [-0.25, -0.2) is 8.42 Å². The van der Waals surface area contributed by atoms with Crippen molar-refractivity contribution >= 4 is 25.7 Å². The van der Waals surface area contributed by atoms with Gasteiger partial charge in [-0.3, -0.25) is 9.52 Å². The van der Waals surface area contributed by atoms with E-state index in [0.717, 1.165) is 6.26 Å². The summed E-state index contributed by atoms with van der Waals surface area (Å²) in [7, 11) is -4.33. The van der Waals surface area contributed by atoms with Crippen molar-refractivity contribution in [2.24, 2.45) is 5.73 Å². The van der Waals surface area contributed by atoms with Crippen LogP contribution < -0.4 is 10.5 Å². The van der Waals surface area contributed by atoms with E-state index in [4.69, 9.17) is 10.2 Å². The molecule has 0 saturated heterocycles. The van der Waals surface area contributed by atoms with Gasteiger partial charge >= 0.3 is 0 Å². The molecule has 0 saturated carbocycles. The lowest BCUT2D eigenvalue weighted by molar-refractivity contribution is -0.120. The number of nitrogens with two attached hydrogens (primary N) is 1. The summed E-state index contributed by atoms with van der Waals surface area (Å²) in [6.07, 6.45) is 0.850. The lowest BCUT2D eigenvalue weighted by Gasteiger charge is -2.34. The fourth-order valence-corrected chi connectivity index (χ4v) is 2.72. The summed E-state index contributed by atoms with van der Waals surface area (Å²) in [6.45, 7) is 9.93. The van der Waals surface area contributed by atoms with Crippen LogP contribution in [0.2, 0.25) is 5.04 Å². The molecule has 0 heterocycles. The molecule has 0 spiro atoms. The Morgan fingerprint density at radius 3 is 2.16 bits per heavy atom. The van der Waals surface area contributed by atoms with Crippen LogP contribution in [-0.4, -0.2) is 42.0 Å². The molecule has 0 bridgehead atoms. The maximum absolute atomic E-state index is 11.5. The average Bonchev–Trinajstić information content (AvgIpc) is 2.10. The number of hydrogen-bond donors (Lipinski definition) is 2. The summed E-state index contributed by atoms with van der Waals surface area (Å²) in [5, 5.41) is 0.131. The van der Waals surface area contributed by atoms with E-state index >= 15 is 0 Å². The molecule has 6 nitrogen and oxygen atoms in total. The summed E-state index contributed by atoms with van der Waals surface area (Å²) < 4.78 is 29.6. The Balaban J connectivity index is 4.47. The van der Waals surface area contributed by atoms with E-state index in [9.17, 15) is 13.2 Å². The minimum atomic E-state index is -3.54. The third kappa shape index (κ3) is 9.14. The van der Waals surface area contributed by atoms with Crippen LogP contribution in [0, 0.1) is 0 Å². The van der Waals surface area contributed by atoms with Crippen LogP contribution in [0.3, 0.4) is 0 Å². The predicted octanol–water partition coefficient (Wildman–Crippen LogP) is -0.123. The fourth-order valence-electron chi connectivity index (χ4n) is 1.20. The third-order valence-corrected chi connectivity index (χ3v) is 4.83. The van der Waals surface area contributed by atoms with Gasteiger partial charge in [0.05, 0.1) is 11.9 Å². The molecular formula is C11H26N2O4SSi. The molecule has 114 valence electrons. The van der Waals surface area contributed by atoms with Gasteiger partial charge in [0.25, 0.3) is 0 Å². The van der Waals surface area contributed by atoms with Gasteiger partial charge in [0.2, 0.25) is 15.9 Å². The summed E-state index contributed by atoms with van der Waals surface area (Å²) in [4.78, 5) is 11.5. The minimum Gasteiger partial charge on any atom is -0.417 e. The van der Waals surface area contributed by atoms with Gasteiger partial charge in [-0.1, -0.05) is 20.8 Å². The molecule has 0 aromatic carbocycles. The normalized spacial score (nSPS) is 15.7. The molecule has 0 rings (SSSR count). The lowest BCUT2D eigenvalue weighted by atomic mass is 9.97. The summed E-state index contributed by atoms with van der Waals surface area (Å²) >= 11 is 0. The molecule has 0 aliphatic heterocycles. The van der Waals surface area contributed by atoms with Gasteiger partial charge in [0, 0.05) is 12.5 Å². The summed E-state index contributed by atoms with van der Waals surface area (Å²) in [6, 6.07) is -0.552. The number of rotatable bonds is 6. The first-order valence-electron chi connectivity index (χ1n) is 6.13. The zero-order chi connectivity index (χ0) is 15.5. The monoisotopic (exact) mass is 310 g/mol. The fraction of sp³-hybridized carbons (Fsp3) is 0.909. The van der Waals surface area contributed by atoms with Crippen molar-refractivity contribution < 1.29 is 17.6 Å². The zero-order valence-corrected chi connectivity index (χ0v) is 14.8. The second-order valence-corrected chi connectivity index (χ2v) is 11.0. The van der Waals surface area contributed by atoms with E-state index in [2.05, 4.69) is 20.8 Å². The third-order valence-electron chi connectivity index (χ3n) is 2.47. The molecule has 0 aliphatic carbocycles. The van der Waals surface area contributed by atoms with Crippen LogP contribution in [0.15, 0.2) is 0 Å². The predicted molar refractivity (Wildman–Crippen MR) is 79.0 cm³/mol. The van der Waals surface area contributed by atoms with Crippen molar-refractivity contribution in [3.8, 4) is 0 Å². The standard InChI is InChI=1S/C11H26N2O4SSi/c1-10(2,3)19-17-11(4,5)8(12)7-9(14)13-18(6,15)16/h8H,7,12,19H2,1-6H3,(H,13,14). The van der Waals surface area contributed by atoms with E-state index < -0.39 is 37.3 Å². The highest BCUT2D eigenvalue weighted by atomic mass is 32.2. The number of carbonyl (C=O) groups is 1. The molecule has 1 atom stereocenters. The van der Waals surface area contributed by atoms with Gasteiger partial charge in [-0.15, -0.1) is 0 Å². The van der Waals surface area contributed by atoms with Gasteiger partial charge in [0.15, 0.2) is 9.76 Å². The summed E-state index contributed by atoms with van der Waals surface area (Å²) in [5.74, 6) is -0.607. The van der Waals surface area contributed by atoms with Crippen LogP contribution in [0.25, 0.3) is 0 Å². The molecular weight excluding hydrogens is 284 g/mol. The number of sulfonamides is 1. The first kappa shape index (κ1) is 18.6. The van der Waals surface area contributed by atoms with Crippen molar-refractivity contribution in [3.05, 3.63) is 0 Å². The number of amides is 1. The van der Waals surface area contributed by atoms with E-state index in [1.54, 1.807) is 0 Å². The molecule has 0 radical (unpaired) electrons. The van der Waals surface area contributed by atoms with E-state index in [1.165, 1.54) is 0 Å². The Labute approximate surface area is 118 Å². The Kier molecular flexibility index (Phi) is 6.19. The second kappa shape index (κ2) is 6.34. The van der Waals surface area contributed by atoms with Crippen LogP contribution in [0.4, 0.5) is 0 Å². The highest BCUT2D eigenvalue weighted by Crippen LogP contribution is 2.25. The maximum atomic E-state index is 11.5. The Morgan fingerprint density at radius 2 is 1.79 bits per heavy atom. The topological polar surface area (TPSA) is 98.5 Å². The largest absolute Gasteiger partial charge is 0.417 e. The van der Waals surface area contributed by atoms with Crippen molar-refractivity contribution in [1.82, 2.24) is 4.72 Å². The maximum Gasteiger partial charge on any atom is 0.235 e. The summed E-state index contributed by atoms with van der Waals surface area (Å²) in [5.41, 5.74) is 5.30. The molecule has 0 aliphatic rings. The number of nitrogens with one attached hydrogen (secondary N) is 1. The molecule has 1 unspecified atom stereocenters. The molecule has 0 aromatic heterocycles. The van der Waals surface area contributed by atoms with Crippen molar-refractivity contribution in [3.63, 3.8) is 0 Å². The lowest BCUT2D eigenvalue weighted by Crippen LogP contribution is -2.49. The van der Waals surface area contributed by atoms with Crippen molar-refractivity contribution in [2.45, 2.75) is 57.7 Å². The molecule has 0 fully saturated rings. The minimum absolute atomic E-state index is 0.0847. The smallest absolute Gasteiger partial charge is 0.235 e. The molecule has 8 heteroatoms. The van der Waals surface area contributed by atoms with Gasteiger partial charge in [-0.05, 0) is 18.9 Å². The quantitative estimate of drug-likeness (QED) is 0.666. The molecule has 3 N–H and O–H groups in total. The highest BCUT2D eigenvalue weighted by molar-refractivity contribution is 7.89. The van der Waals surface area contributed by atoms with Crippen molar-refractivity contribution in [1.29, 1.82) is 0 Å².